The van der Waals surface area contributed by atoms with E-state index in [0.29, 0.717) is 35.3 Å². The zero-order valence-electron chi connectivity index (χ0n) is 19.7. The molecule has 34 heavy (non-hydrogen) atoms. The molecule has 0 spiro atoms. The van der Waals surface area contributed by atoms with Crippen molar-refractivity contribution in [2.75, 3.05) is 7.11 Å². The predicted octanol–water partition coefficient (Wildman–Crippen LogP) is 4.15. The molecule has 4 heterocycles. The fourth-order valence-corrected chi connectivity index (χ4v) is 6.49. The van der Waals surface area contributed by atoms with Crippen molar-refractivity contribution >= 4 is 45.1 Å². The van der Waals surface area contributed by atoms with E-state index in [1.807, 2.05) is 35.6 Å². The van der Waals surface area contributed by atoms with Crippen molar-refractivity contribution in [1.29, 1.82) is 0 Å². The Bertz CT molecular complexity index is 1470. The number of esters is 1. The fraction of sp³-hybridized carbons (Fsp3) is 0.417. The van der Waals surface area contributed by atoms with Crippen LogP contribution in [0, 0.1) is 12.8 Å². The number of carbonyl (C=O) groups is 1. The van der Waals surface area contributed by atoms with Crippen LogP contribution in [-0.2, 0) is 27.3 Å². The summed E-state index contributed by atoms with van der Waals surface area (Å²) in [5.41, 5.74) is 2.70. The number of hydrogen-bond donors (Lipinski definition) is 0. The maximum Gasteiger partial charge on any atom is 0.318 e. The molecular formula is C24H26N4O4S2. The van der Waals surface area contributed by atoms with Gasteiger partial charge in [0.2, 0.25) is 5.78 Å². The molecular weight excluding hydrogens is 472 g/mol. The van der Waals surface area contributed by atoms with Crippen molar-refractivity contribution in [2.24, 2.45) is 5.92 Å². The molecule has 0 radical (unpaired) electrons. The first-order chi connectivity index (χ1) is 16.3. The van der Waals surface area contributed by atoms with Crippen LogP contribution in [0.1, 0.15) is 36.8 Å². The van der Waals surface area contributed by atoms with Crippen LogP contribution in [0.4, 0.5) is 0 Å². The van der Waals surface area contributed by atoms with Crippen molar-refractivity contribution in [3.05, 3.63) is 50.6 Å². The van der Waals surface area contributed by atoms with E-state index in [0.717, 1.165) is 26.5 Å². The Hall–Kier alpha value is -2.69. The molecule has 0 unspecified atom stereocenters. The highest BCUT2D eigenvalue weighted by atomic mass is 32.2. The number of methoxy groups -OCH3 is 1. The normalized spacial score (nSPS) is 16.8. The molecule has 5 rings (SSSR count). The molecule has 10 heteroatoms. The van der Waals surface area contributed by atoms with Gasteiger partial charge in [0, 0.05) is 11.3 Å². The average Bonchev–Trinajstić information content (AvgIpc) is 3.39. The molecule has 4 aromatic rings. The van der Waals surface area contributed by atoms with Crippen LogP contribution < -0.4 is 5.56 Å². The number of rotatable bonds is 5. The quantitative estimate of drug-likeness (QED) is 0.302. The summed E-state index contributed by atoms with van der Waals surface area (Å²) in [6, 6.07) is 7.78. The number of fused-ring (bicyclic) bond motifs is 5. The number of thiophene rings is 1. The van der Waals surface area contributed by atoms with Gasteiger partial charge in [-0.15, -0.1) is 21.5 Å². The second kappa shape index (κ2) is 8.83. The number of aryl methyl sites for hydroxylation is 1. The van der Waals surface area contributed by atoms with Gasteiger partial charge in [0.25, 0.3) is 5.56 Å². The van der Waals surface area contributed by atoms with Crippen LogP contribution in [0.25, 0.3) is 21.7 Å². The van der Waals surface area contributed by atoms with E-state index in [1.54, 1.807) is 11.5 Å². The number of carbonyl (C=O) groups excluding carboxylic acids is 1. The van der Waals surface area contributed by atoms with Gasteiger partial charge in [-0.25, -0.2) is 8.97 Å². The summed E-state index contributed by atoms with van der Waals surface area (Å²) < 4.78 is 14.5. The van der Waals surface area contributed by atoms with Crippen molar-refractivity contribution in [1.82, 2.24) is 19.2 Å². The van der Waals surface area contributed by atoms with Gasteiger partial charge in [0.15, 0.2) is 5.16 Å². The summed E-state index contributed by atoms with van der Waals surface area (Å²) in [5, 5.41) is 9.53. The number of benzene rings is 1. The Balaban J connectivity index is 1.82. The molecule has 2 atom stereocenters. The van der Waals surface area contributed by atoms with Gasteiger partial charge in [-0.2, -0.15) is 0 Å². The van der Waals surface area contributed by atoms with Crippen LogP contribution in [0.15, 0.2) is 34.2 Å². The molecule has 0 N–H and O–H groups in total. The van der Waals surface area contributed by atoms with Gasteiger partial charge < -0.3 is 9.47 Å². The van der Waals surface area contributed by atoms with E-state index in [-0.39, 0.29) is 17.6 Å². The van der Waals surface area contributed by atoms with Crippen LogP contribution >= 0.6 is 23.1 Å². The molecule has 0 aliphatic carbocycles. The van der Waals surface area contributed by atoms with Gasteiger partial charge in [-0.1, -0.05) is 37.7 Å². The molecule has 0 saturated carbocycles. The van der Waals surface area contributed by atoms with Gasteiger partial charge >= 0.3 is 5.97 Å². The predicted molar refractivity (Wildman–Crippen MR) is 133 cm³/mol. The summed E-state index contributed by atoms with van der Waals surface area (Å²) in [4.78, 5) is 28.0. The largest absolute Gasteiger partial charge is 0.468 e. The molecule has 1 aliphatic heterocycles. The van der Waals surface area contributed by atoms with E-state index in [4.69, 9.17) is 9.47 Å². The Morgan fingerprint density at radius 1 is 1.29 bits per heavy atom. The smallest absolute Gasteiger partial charge is 0.318 e. The topological polar surface area (TPSA) is 87.7 Å². The molecule has 1 aromatic carbocycles. The zero-order valence-corrected chi connectivity index (χ0v) is 21.3. The minimum absolute atomic E-state index is 0.0573. The highest BCUT2D eigenvalue weighted by molar-refractivity contribution is 8.00. The van der Waals surface area contributed by atoms with Gasteiger partial charge in [-0.05, 0) is 43.0 Å². The molecule has 178 valence electrons. The Kier molecular flexibility index (Phi) is 5.99. The van der Waals surface area contributed by atoms with Crippen LogP contribution in [-0.4, -0.2) is 43.6 Å². The summed E-state index contributed by atoms with van der Waals surface area (Å²) >= 11 is 2.81. The number of thioether (sulfide) groups is 1. The lowest BCUT2D eigenvalue weighted by molar-refractivity contribution is -0.139. The number of nitrogens with zero attached hydrogens (tertiary/aromatic N) is 4. The molecule has 0 fully saturated rings. The lowest BCUT2D eigenvalue weighted by Gasteiger charge is -2.26. The van der Waals surface area contributed by atoms with E-state index in [2.05, 4.69) is 24.0 Å². The monoisotopic (exact) mass is 498 g/mol. The van der Waals surface area contributed by atoms with E-state index >= 15 is 0 Å². The van der Waals surface area contributed by atoms with E-state index < -0.39 is 5.25 Å². The molecule has 3 aromatic heterocycles. The molecule has 8 nitrogen and oxygen atoms in total. The maximum absolute atomic E-state index is 14.0. The van der Waals surface area contributed by atoms with Crippen LogP contribution in [0.3, 0.4) is 0 Å². The summed E-state index contributed by atoms with van der Waals surface area (Å²) in [5.74, 6) is 0.416. The number of hydrogen-bond acceptors (Lipinski definition) is 8. The highest BCUT2D eigenvalue weighted by Crippen LogP contribution is 2.38. The van der Waals surface area contributed by atoms with Crippen molar-refractivity contribution in [3.63, 3.8) is 0 Å². The highest BCUT2D eigenvalue weighted by Gasteiger charge is 2.30. The molecule has 0 saturated heterocycles. The zero-order chi connectivity index (χ0) is 24.1. The third-order valence-corrected chi connectivity index (χ3v) is 8.37. The van der Waals surface area contributed by atoms with E-state index in [9.17, 15) is 9.59 Å². The van der Waals surface area contributed by atoms with Gasteiger partial charge in [0.1, 0.15) is 10.1 Å². The Morgan fingerprint density at radius 2 is 2.09 bits per heavy atom. The van der Waals surface area contributed by atoms with Crippen molar-refractivity contribution < 1.29 is 14.3 Å². The SMILES string of the molecule is COC(=O)[C@@H](C)Sc1nnc2n(-c3cccc(C)c3)c(=O)c3c4c(sc3n12)CO[C@H](C(C)C)C4. The van der Waals surface area contributed by atoms with Crippen LogP contribution in [0.2, 0.25) is 0 Å². The minimum atomic E-state index is -0.477. The lowest BCUT2D eigenvalue weighted by atomic mass is 9.96. The van der Waals surface area contributed by atoms with Gasteiger partial charge in [-0.3, -0.25) is 9.59 Å². The lowest BCUT2D eigenvalue weighted by Crippen LogP contribution is -2.28. The molecule has 0 bridgehead atoms. The molecule has 0 amide bonds. The fourth-order valence-electron chi connectivity index (χ4n) is 4.32. The Labute approximate surface area is 204 Å². The van der Waals surface area contributed by atoms with Gasteiger partial charge in [0.05, 0.1) is 30.9 Å². The second-order valence-corrected chi connectivity index (χ2v) is 11.3. The third-order valence-electron chi connectivity index (χ3n) is 6.16. The first kappa shape index (κ1) is 23.1. The first-order valence-corrected chi connectivity index (χ1v) is 12.9. The first-order valence-electron chi connectivity index (χ1n) is 11.2. The third kappa shape index (κ3) is 3.73. The summed E-state index contributed by atoms with van der Waals surface area (Å²) in [6.07, 6.45) is 0.743. The van der Waals surface area contributed by atoms with Crippen molar-refractivity contribution in [3.8, 4) is 5.69 Å². The summed E-state index contributed by atoms with van der Waals surface area (Å²) in [6.45, 7) is 8.51. The minimum Gasteiger partial charge on any atom is -0.468 e. The average molecular weight is 499 g/mol. The van der Waals surface area contributed by atoms with Crippen LogP contribution in [0.5, 0.6) is 0 Å². The maximum atomic E-state index is 14.0. The standard InChI is InChI=1S/C24H26N4O4S2/c1-12(2)17-10-16-18(11-32-17)34-21-19(16)20(29)27(15-8-6-7-13(3)9-15)23-25-26-24(28(21)23)33-14(4)22(30)31-5/h6-9,12,14,17H,10-11H2,1-5H3/t14-,17+/m1/s1. The number of ether oxygens (including phenoxy) is 2. The van der Waals surface area contributed by atoms with E-state index in [1.165, 1.54) is 30.2 Å². The summed E-state index contributed by atoms with van der Waals surface area (Å²) in [7, 11) is 1.37. The van der Waals surface area contributed by atoms with Crippen molar-refractivity contribution in [2.45, 2.75) is 57.2 Å². The second-order valence-electron chi connectivity index (χ2n) is 8.86. The Morgan fingerprint density at radius 3 is 2.79 bits per heavy atom. The molecule has 1 aliphatic rings. The number of aromatic nitrogens is 4.